The summed E-state index contributed by atoms with van der Waals surface area (Å²) in [5.41, 5.74) is 0. The summed E-state index contributed by atoms with van der Waals surface area (Å²) in [7, 11) is 1.35. The van der Waals surface area contributed by atoms with E-state index in [2.05, 4.69) is 10.1 Å². The number of carbonyl (C=O) groups is 1. The van der Waals surface area contributed by atoms with Crippen LogP contribution >= 0.6 is 0 Å². The minimum absolute atomic E-state index is 0.262. The van der Waals surface area contributed by atoms with E-state index in [1.54, 1.807) is 0 Å². The van der Waals surface area contributed by atoms with E-state index in [-0.39, 0.29) is 12.6 Å². The molecule has 17 heavy (non-hydrogen) atoms. The van der Waals surface area contributed by atoms with E-state index in [0.717, 1.165) is 0 Å². The largest absolute Gasteiger partial charge is 0.469 e. The first-order valence-electron chi connectivity index (χ1n) is 5.81. The van der Waals surface area contributed by atoms with Gasteiger partial charge in [-0.25, -0.2) is 0 Å². The zero-order chi connectivity index (χ0) is 12.9. The maximum absolute atomic E-state index is 10.8. The molecule has 0 aromatic rings. The first-order chi connectivity index (χ1) is 8.20. The lowest BCUT2D eigenvalue weighted by Crippen LogP contribution is -2.32. The molecule has 0 fully saturated rings. The molecule has 0 spiro atoms. The van der Waals surface area contributed by atoms with Crippen LogP contribution in [0.3, 0.4) is 0 Å². The van der Waals surface area contributed by atoms with Gasteiger partial charge in [0, 0.05) is 19.7 Å². The number of aliphatic hydroxyl groups is 1. The standard InChI is InChI=1S/C11H23NO5/c1-3-16-6-7-17-9-10(13)8-12-5-4-11(14)15-2/h10,12-13H,3-9H2,1-2H3. The average Bonchev–Trinajstić information content (AvgIpc) is 2.34. The summed E-state index contributed by atoms with van der Waals surface area (Å²) < 4.78 is 14.7. The maximum atomic E-state index is 10.8. The minimum Gasteiger partial charge on any atom is -0.469 e. The van der Waals surface area contributed by atoms with Crippen molar-refractivity contribution in [1.82, 2.24) is 5.32 Å². The number of carbonyl (C=O) groups excluding carboxylic acids is 1. The number of esters is 1. The molecule has 0 radical (unpaired) electrons. The highest BCUT2D eigenvalue weighted by atomic mass is 16.5. The Labute approximate surface area is 102 Å². The molecular weight excluding hydrogens is 226 g/mol. The van der Waals surface area contributed by atoms with Crippen molar-refractivity contribution in [2.75, 3.05) is 46.6 Å². The molecule has 0 saturated carbocycles. The first kappa shape index (κ1) is 16.3. The highest BCUT2D eigenvalue weighted by molar-refractivity contribution is 5.69. The molecule has 0 aromatic carbocycles. The van der Waals surface area contributed by atoms with Crippen LogP contribution in [-0.2, 0) is 19.0 Å². The molecule has 6 nitrogen and oxygen atoms in total. The summed E-state index contributed by atoms with van der Waals surface area (Å²) in [5.74, 6) is -0.264. The predicted molar refractivity (Wildman–Crippen MR) is 62.8 cm³/mol. The third kappa shape index (κ3) is 11.6. The summed E-state index contributed by atoms with van der Waals surface area (Å²) in [5, 5.41) is 12.4. The van der Waals surface area contributed by atoms with Crippen LogP contribution in [0.25, 0.3) is 0 Å². The monoisotopic (exact) mass is 249 g/mol. The molecule has 0 rings (SSSR count). The van der Waals surface area contributed by atoms with Crippen LogP contribution in [0.1, 0.15) is 13.3 Å². The number of rotatable bonds is 11. The van der Waals surface area contributed by atoms with Gasteiger partial charge in [-0.3, -0.25) is 4.79 Å². The van der Waals surface area contributed by atoms with Crippen LogP contribution in [-0.4, -0.2) is 63.8 Å². The number of methoxy groups -OCH3 is 1. The zero-order valence-electron chi connectivity index (χ0n) is 10.6. The zero-order valence-corrected chi connectivity index (χ0v) is 10.6. The Morgan fingerprint density at radius 1 is 1.35 bits per heavy atom. The molecular formula is C11H23NO5. The van der Waals surface area contributed by atoms with E-state index in [4.69, 9.17) is 9.47 Å². The number of aliphatic hydroxyl groups excluding tert-OH is 1. The normalized spacial score (nSPS) is 12.4. The van der Waals surface area contributed by atoms with Gasteiger partial charge in [-0.1, -0.05) is 0 Å². The van der Waals surface area contributed by atoms with Gasteiger partial charge in [-0.2, -0.15) is 0 Å². The molecule has 0 aromatic heterocycles. The van der Waals surface area contributed by atoms with E-state index >= 15 is 0 Å². The van der Waals surface area contributed by atoms with Crippen molar-refractivity contribution >= 4 is 5.97 Å². The van der Waals surface area contributed by atoms with E-state index in [0.29, 0.717) is 39.3 Å². The summed E-state index contributed by atoms with van der Waals surface area (Å²) in [4.78, 5) is 10.8. The second kappa shape index (κ2) is 11.8. The molecule has 0 heterocycles. The molecule has 6 heteroatoms. The Bertz CT molecular complexity index is 189. The Kier molecular flexibility index (Phi) is 11.3. The highest BCUT2D eigenvalue weighted by Crippen LogP contribution is 1.86. The number of ether oxygens (including phenoxy) is 3. The number of hydrogen-bond acceptors (Lipinski definition) is 6. The van der Waals surface area contributed by atoms with Crippen LogP contribution in [0.5, 0.6) is 0 Å². The van der Waals surface area contributed by atoms with Crippen molar-refractivity contribution in [3.8, 4) is 0 Å². The van der Waals surface area contributed by atoms with Crippen molar-refractivity contribution in [2.24, 2.45) is 0 Å². The highest BCUT2D eigenvalue weighted by Gasteiger charge is 2.04. The molecule has 0 saturated heterocycles. The molecule has 0 bridgehead atoms. The topological polar surface area (TPSA) is 77.0 Å². The molecule has 0 aliphatic rings. The third-order valence-electron chi connectivity index (χ3n) is 2.00. The molecule has 0 aliphatic carbocycles. The van der Waals surface area contributed by atoms with Crippen LogP contribution in [0.4, 0.5) is 0 Å². The average molecular weight is 249 g/mol. The van der Waals surface area contributed by atoms with E-state index < -0.39 is 6.10 Å². The second-order valence-electron chi connectivity index (χ2n) is 3.46. The van der Waals surface area contributed by atoms with Gasteiger partial charge in [-0.15, -0.1) is 0 Å². The molecule has 0 amide bonds. The molecule has 102 valence electrons. The lowest BCUT2D eigenvalue weighted by molar-refractivity contribution is -0.140. The van der Waals surface area contributed by atoms with Gasteiger partial charge in [0.15, 0.2) is 0 Å². The van der Waals surface area contributed by atoms with Crippen molar-refractivity contribution in [3.63, 3.8) is 0 Å². The minimum atomic E-state index is -0.575. The van der Waals surface area contributed by atoms with Crippen LogP contribution < -0.4 is 5.32 Å². The van der Waals surface area contributed by atoms with Crippen molar-refractivity contribution in [1.29, 1.82) is 0 Å². The van der Waals surface area contributed by atoms with E-state index in [1.807, 2.05) is 6.92 Å². The number of hydrogen-bond donors (Lipinski definition) is 2. The third-order valence-corrected chi connectivity index (χ3v) is 2.00. The van der Waals surface area contributed by atoms with Crippen molar-refractivity contribution in [3.05, 3.63) is 0 Å². The Morgan fingerprint density at radius 3 is 2.71 bits per heavy atom. The first-order valence-corrected chi connectivity index (χ1v) is 5.81. The van der Waals surface area contributed by atoms with Gasteiger partial charge in [0.1, 0.15) is 0 Å². The van der Waals surface area contributed by atoms with Gasteiger partial charge < -0.3 is 24.6 Å². The SMILES string of the molecule is CCOCCOCC(O)CNCCC(=O)OC. The fraction of sp³-hybridized carbons (Fsp3) is 0.909. The fourth-order valence-corrected chi connectivity index (χ4v) is 1.10. The van der Waals surface area contributed by atoms with Gasteiger partial charge in [0.2, 0.25) is 0 Å². The molecule has 1 unspecified atom stereocenters. The van der Waals surface area contributed by atoms with E-state index in [1.165, 1.54) is 7.11 Å². The second-order valence-corrected chi connectivity index (χ2v) is 3.46. The lowest BCUT2D eigenvalue weighted by Gasteiger charge is -2.12. The fourth-order valence-electron chi connectivity index (χ4n) is 1.10. The van der Waals surface area contributed by atoms with Gasteiger partial charge in [0.05, 0.1) is 39.5 Å². The Morgan fingerprint density at radius 2 is 2.06 bits per heavy atom. The van der Waals surface area contributed by atoms with Gasteiger partial charge in [0.25, 0.3) is 0 Å². The predicted octanol–water partition coefficient (Wildman–Crippen LogP) is -0.447. The summed E-state index contributed by atoms with van der Waals surface area (Å²) in [6.45, 7) is 4.75. The van der Waals surface area contributed by atoms with Gasteiger partial charge in [-0.05, 0) is 6.92 Å². The lowest BCUT2D eigenvalue weighted by atomic mass is 10.3. The van der Waals surface area contributed by atoms with E-state index in [9.17, 15) is 9.90 Å². The van der Waals surface area contributed by atoms with Crippen molar-refractivity contribution < 1.29 is 24.1 Å². The maximum Gasteiger partial charge on any atom is 0.306 e. The Hall–Kier alpha value is -0.690. The molecule has 1 atom stereocenters. The number of nitrogens with one attached hydrogen (secondary N) is 1. The summed E-state index contributed by atoms with van der Waals surface area (Å²) >= 11 is 0. The van der Waals surface area contributed by atoms with Crippen LogP contribution in [0, 0.1) is 0 Å². The summed E-state index contributed by atoms with van der Waals surface area (Å²) in [6, 6.07) is 0. The smallest absolute Gasteiger partial charge is 0.306 e. The quantitative estimate of drug-likeness (QED) is 0.381. The molecule has 0 aliphatic heterocycles. The van der Waals surface area contributed by atoms with Gasteiger partial charge >= 0.3 is 5.97 Å². The van der Waals surface area contributed by atoms with Crippen molar-refractivity contribution in [2.45, 2.75) is 19.4 Å². The molecule has 2 N–H and O–H groups in total. The Balaban J connectivity index is 3.23. The van der Waals surface area contributed by atoms with Crippen LogP contribution in [0.2, 0.25) is 0 Å². The summed E-state index contributed by atoms with van der Waals surface area (Å²) in [6.07, 6.45) is -0.275. The van der Waals surface area contributed by atoms with Crippen LogP contribution in [0.15, 0.2) is 0 Å².